The number of urea groups is 1. The number of aliphatic hydroxyl groups excluding tert-OH is 1. The second-order valence-electron chi connectivity index (χ2n) is 6.69. The molecule has 2 heterocycles. The summed E-state index contributed by atoms with van der Waals surface area (Å²) in [6.45, 7) is 6.32. The lowest BCUT2D eigenvalue weighted by Crippen LogP contribution is -2.48. The SMILES string of the molecule is Cc1ccccc1OC[C@@H](O)CN1CCC(N2CCNC2=O)CC1. The molecular formula is C18H27N3O3. The van der Waals surface area contributed by atoms with Crippen molar-refractivity contribution in [2.75, 3.05) is 39.3 Å². The highest BCUT2D eigenvalue weighted by atomic mass is 16.5. The molecule has 0 spiro atoms. The van der Waals surface area contributed by atoms with Crippen LogP contribution in [0.4, 0.5) is 4.79 Å². The average Bonchev–Trinajstić information content (AvgIpc) is 3.01. The Morgan fingerprint density at radius 1 is 1.29 bits per heavy atom. The molecule has 24 heavy (non-hydrogen) atoms. The predicted molar refractivity (Wildman–Crippen MR) is 92.2 cm³/mol. The van der Waals surface area contributed by atoms with Crippen LogP contribution >= 0.6 is 0 Å². The van der Waals surface area contributed by atoms with Crippen molar-refractivity contribution in [2.45, 2.75) is 31.9 Å². The Balaban J connectivity index is 1.39. The summed E-state index contributed by atoms with van der Waals surface area (Å²) in [7, 11) is 0. The van der Waals surface area contributed by atoms with Crippen molar-refractivity contribution in [1.82, 2.24) is 15.1 Å². The molecule has 1 aromatic carbocycles. The number of piperidine rings is 1. The van der Waals surface area contributed by atoms with Crippen molar-refractivity contribution >= 4 is 6.03 Å². The molecule has 3 rings (SSSR count). The van der Waals surface area contributed by atoms with Gasteiger partial charge in [-0.15, -0.1) is 0 Å². The third kappa shape index (κ3) is 4.19. The van der Waals surface area contributed by atoms with Crippen LogP contribution in [0.2, 0.25) is 0 Å². The molecule has 1 atom stereocenters. The van der Waals surface area contributed by atoms with Crippen molar-refractivity contribution in [3.05, 3.63) is 29.8 Å². The molecule has 0 unspecified atom stereocenters. The number of nitrogens with one attached hydrogen (secondary N) is 1. The third-order valence-corrected chi connectivity index (χ3v) is 4.88. The number of aliphatic hydroxyl groups is 1. The fourth-order valence-electron chi connectivity index (χ4n) is 3.50. The van der Waals surface area contributed by atoms with Crippen LogP contribution in [0.5, 0.6) is 5.75 Å². The van der Waals surface area contributed by atoms with Crippen LogP contribution in [-0.2, 0) is 0 Å². The zero-order chi connectivity index (χ0) is 16.9. The van der Waals surface area contributed by atoms with Crippen molar-refractivity contribution < 1.29 is 14.6 Å². The number of carbonyl (C=O) groups is 1. The summed E-state index contributed by atoms with van der Waals surface area (Å²) in [5.41, 5.74) is 1.08. The molecule has 2 aliphatic heterocycles. The maximum absolute atomic E-state index is 11.7. The summed E-state index contributed by atoms with van der Waals surface area (Å²) in [6, 6.07) is 8.25. The number of ether oxygens (including phenoxy) is 1. The molecule has 0 saturated carbocycles. The summed E-state index contributed by atoms with van der Waals surface area (Å²) in [6.07, 6.45) is 1.44. The van der Waals surface area contributed by atoms with E-state index in [2.05, 4.69) is 10.2 Å². The van der Waals surface area contributed by atoms with E-state index in [1.54, 1.807) is 0 Å². The van der Waals surface area contributed by atoms with E-state index in [0.717, 1.165) is 50.3 Å². The Morgan fingerprint density at radius 2 is 2.04 bits per heavy atom. The monoisotopic (exact) mass is 333 g/mol. The van der Waals surface area contributed by atoms with E-state index in [1.165, 1.54) is 0 Å². The van der Waals surface area contributed by atoms with Gasteiger partial charge >= 0.3 is 6.03 Å². The Morgan fingerprint density at radius 3 is 2.71 bits per heavy atom. The molecular weight excluding hydrogens is 306 g/mol. The van der Waals surface area contributed by atoms with Crippen molar-refractivity contribution in [1.29, 1.82) is 0 Å². The Labute approximate surface area is 143 Å². The zero-order valence-corrected chi connectivity index (χ0v) is 14.3. The lowest BCUT2D eigenvalue weighted by atomic mass is 10.0. The molecule has 2 N–H and O–H groups in total. The second-order valence-corrected chi connectivity index (χ2v) is 6.69. The third-order valence-electron chi connectivity index (χ3n) is 4.88. The number of aryl methyl sites for hydroxylation is 1. The van der Waals surface area contributed by atoms with Crippen molar-refractivity contribution in [3.8, 4) is 5.75 Å². The van der Waals surface area contributed by atoms with Crippen LogP contribution in [0.3, 0.4) is 0 Å². The summed E-state index contributed by atoms with van der Waals surface area (Å²) in [5, 5.41) is 13.1. The second kappa shape index (κ2) is 7.85. The van der Waals surface area contributed by atoms with E-state index in [9.17, 15) is 9.90 Å². The first-order valence-electron chi connectivity index (χ1n) is 8.77. The van der Waals surface area contributed by atoms with Gasteiger partial charge in [0, 0.05) is 38.8 Å². The highest BCUT2D eigenvalue weighted by molar-refractivity contribution is 5.76. The largest absolute Gasteiger partial charge is 0.491 e. The molecule has 0 aliphatic carbocycles. The van der Waals surface area contributed by atoms with Gasteiger partial charge in [-0.05, 0) is 31.4 Å². The molecule has 2 amide bonds. The van der Waals surface area contributed by atoms with E-state index in [-0.39, 0.29) is 6.03 Å². The van der Waals surface area contributed by atoms with Gasteiger partial charge in [-0.3, -0.25) is 0 Å². The first-order valence-corrected chi connectivity index (χ1v) is 8.77. The first kappa shape index (κ1) is 17.0. The van der Waals surface area contributed by atoms with E-state index < -0.39 is 6.10 Å². The predicted octanol–water partition coefficient (Wildman–Crippen LogP) is 1.22. The smallest absolute Gasteiger partial charge is 0.317 e. The van der Waals surface area contributed by atoms with Gasteiger partial charge in [0.15, 0.2) is 0 Å². The van der Waals surface area contributed by atoms with Gasteiger partial charge in [0.1, 0.15) is 18.5 Å². The highest BCUT2D eigenvalue weighted by Crippen LogP contribution is 2.19. The summed E-state index contributed by atoms with van der Waals surface area (Å²) >= 11 is 0. The van der Waals surface area contributed by atoms with E-state index in [0.29, 0.717) is 19.2 Å². The number of amides is 2. The molecule has 1 aromatic rings. The molecule has 6 heteroatoms. The quantitative estimate of drug-likeness (QED) is 0.822. The van der Waals surface area contributed by atoms with Crippen LogP contribution in [0.25, 0.3) is 0 Å². The first-order chi connectivity index (χ1) is 11.6. The minimum atomic E-state index is -0.503. The zero-order valence-electron chi connectivity index (χ0n) is 14.3. The van der Waals surface area contributed by atoms with E-state index in [1.807, 2.05) is 36.1 Å². The summed E-state index contributed by atoms with van der Waals surface area (Å²) < 4.78 is 5.72. The maximum Gasteiger partial charge on any atom is 0.317 e. The fraction of sp³-hybridized carbons (Fsp3) is 0.611. The standard InChI is InChI=1S/C18H27N3O3/c1-14-4-2-3-5-17(14)24-13-16(22)12-20-9-6-15(7-10-20)21-11-8-19-18(21)23/h2-5,15-16,22H,6-13H2,1H3,(H,19,23)/t16-/m0/s1. The molecule has 6 nitrogen and oxygen atoms in total. The van der Waals surface area contributed by atoms with Gasteiger partial charge in [0.2, 0.25) is 0 Å². The molecule has 132 valence electrons. The van der Waals surface area contributed by atoms with E-state index >= 15 is 0 Å². The number of carbonyl (C=O) groups excluding carboxylic acids is 1. The summed E-state index contributed by atoms with van der Waals surface area (Å²) in [4.78, 5) is 15.9. The number of likely N-dealkylation sites (tertiary alicyclic amines) is 1. The molecule has 0 aromatic heterocycles. The number of hydrogen-bond donors (Lipinski definition) is 2. The minimum absolute atomic E-state index is 0.0696. The van der Waals surface area contributed by atoms with Gasteiger partial charge in [-0.1, -0.05) is 18.2 Å². The van der Waals surface area contributed by atoms with Gasteiger partial charge in [-0.25, -0.2) is 4.79 Å². The Bertz CT molecular complexity index is 558. The molecule has 2 aliphatic rings. The molecule has 0 radical (unpaired) electrons. The van der Waals surface area contributed by atoms with Crippen LogP contribution in [0.15, 0.2) is 24.3 Å². The number of benzene rings is 1. The number of rotatable bonds is 6. The van der Waals surface area contributed by atoms with Crippen molar-refractivity contribution in [2.24, 2.45) is 0 Å². The van der Waals surface area contributed by atoms with E-state index in [4.69, 9.17) is 4.74 Å². The van der Waals surface area contributed by atoms with Gasteiger partial charge in [0.05, 0.1) is 0 Å². The lowest BCUT2D eigenvalue weighted by Gasteiger charge is -2.36. The maximum atomic E-state index is 11.7. The Hall–Kier alpha value is -1.79. The molecule has 2 saturated heterocycles. The highest BCUT2D eigenvalue weighted by Gasteiger charge is 2.30. The van der Waals surface area contributed by atoms with Gasteiger partial charge in [0.25, 0.3) is 0 Å². The van der Waals surface area contributed by atoms with Crippen LogP contribution in [-0.4, -0.2) is 72.4 Å². The number of para-hydroxylation sites is 1. The van der Waals surface area contributed by atoms with Crippen molar-refractivity contribution in [3.63, 3.8) is 0 Å². The number of β-amino-alcohol motifs (C(OH)–C–C–N with tert-alkyl or cyclic N) is 1. The van der Waals surface area contributed by atoms with Crippen LogP contribution in [0.1, 0.15) is 18.4 Å². The lowest BCUT2D eigenvalue weighted by molar-refractivity contribution is 0.0507. The Kier molecular flexibility index (Phi) is 5.58. The average molecular weight is 333 g/mol. The fourth-order valence-corrected chi connectivity index (χ4v) is 3.50. The molecule has 2 fully saturated rings. The van der Waals surface area contributed by atoms with Crippen LogP contribution in [0, 0.1) is 6.92 Å². The summed E-state index contributed by atoms with van der Waals surface area (Å²) in [5.74, 6) is 0.829. The van der Waals surface area contributed by atoms with Crippen LogP contribution < -0.4 is 10.1 Å². The minimum Gasteiger partial charge on any atom is -0.491 e. The normalized spacial score (nSPS) is 20.9. The number of nitrogens with zero attached hydrogens (tertiary/aromatic N) is 2. The number of hydrogen-bond acceptors (Lipinski definition) is 4. The van der Waals surface area contributed by atoms with Gasteiger partial charge < -0.3 is 25.0 Å². The van der Waals surface area contributed by atoms with Gasteiger partial charge in [-0.2, -0.15) is 0 Å². The topological polar surface area (TPSA) is 65.0 Å². The molecule has 0 bridgehead atoms.